The van der Waals surface area contributed by atoms with Crippen LogP contribution in [0.25, 0.3) is 0 Å². The first kappa shape index (κ1) is 25.8. The van der Waals surface area contributed by atoms with E-state index in [1.165, 1.54) is 4.90 Å². The Morgan fingerprint density at radius 3 is 2.38 bits per heavy atom. The average Bonchev–Trinajstić information content (AvgIpc) is 2.79. The van der Waals surface area contributed by atoms with Gasteiger partial charge in [-0.3, -0.25) is 14.5 Å². The summed E-state index contributed by atoms with van der Waals surface area (Å²) in [5.41, 5.74) is 2.73. The molecule has 34 heavy (non-hydrogen) atoms. The van der Waals surface area contributed by atoms with Gasteiger partial charge in [0.1, 0.15) is 11.6 Å². The maximum absolute atomic E-state index is 13.0. The van der Waals surface area contributed by atoms with E-state index in [1.807, 2.05) is 30.3 Å². The van der Waals surface area contributed by atoms with Crippen molar-refractivity contribution in [2.45, 2.75) is 76.9 Å². The smallest absolute Gasteiger partial charge is 0.411 e. The maximum atomic E-state index is 13.0. The maximum Gasteiger partial charge on any atom is 0.411 e. The van der Waals surface area contributed by atoms with Gasteiger partial charge in [0.05, 0.1) is 19.3 Å². The molecule has 0 bridgehead atoms. The van der Waals surface area contributed by atoms with E-state index >= 15 is 0 Å². The molecule has 0 saturated carbocycles. The molecule has 0 radical (unpaired) electrons. The third-order valence-electron chi connectivity index (χ3n) is 5.86. The second kappa shape index (κ2) is 11.5. The molecule has 2 aliphatic rings. The second-order valence-electron chi connectivity index (χ2n) is 9.83. The summed E-state index contributed by atoms with van der Waals surface area (Å²) in [5.74, 6) is -0.258. The van der Waals surface area contributed by atoms with Crippen molar-refractivity contribution in [1.82, 2.24) is 20.6 Å². The summed E-state index contributed by atoms with van der Waals surface area (Å²) in [6, 6.07) is 8.45. The number of nitrogens with zero attached hydrogens (tertiary/aromatic N) is 2. The summed E-state index contributed by atoms with van der Waals surface area (Å²) in [4.78, 5) is 46.2. The van der Waals surface area contributed by atoms with Crippen molar-refractivity contribution in [3.8, 4) is 0 Å². The predicted molar refractivity (Wildman–Crippen MR) is 124 cm³/mol. The highest BCUT2D eigenvalue weighted by Gasteiger charge is 2.38. The van der Waals surface area contributed by atoms with Crippen LogP contribution in [-0.4, -0.2) is 76.4 Å². The van der Waals surface area contributed by atoms with Crippen molar-refractivity contribution < 1.29 is 29.1 Å². The standard InChI is InChI=1S/C24H36N4O6/c1-24(2,3)34-23(32)28-15-19(29)9-10-20(28)21(30)25-18-11-13-27(14-12-18)22(31)26-33-16-17-7-5-4-6-8-17/h4-8,18-20,29H,9-16H2,1-3H3,(H,25,30)(H,26,31)/t19-,20-/m0/s1. The van der Waals surface area contributed by atoms with Crippen molar-refractivity contribution in [2.75, 3.05) is 19.6 Å². The van der Waals surface area contributed by atoms with Gasteiger partial charge in [-0.05, 0) is 52.0 Å². The molecule has 4 amide bonds. The van der Waals surface area contributed by atoms with E-state index in [2.05, 4.69) is 10.8 Å². The molecule has 2 fully saturated rings. The molecule has 0 unspecified atom stereocenters. The summed E-state index contributed by atoms with van der Waals surface area (Å²) in [6.45, 7) is 6.58. The summed E-state index contributed by atoms with van der Waals surface area (Å²) in [6.07, 6.45) is 0.723. The number of benzene rings is 1. The molecule has 2 saturated heterocycles. The molecule has 10 nitrogen and oxygen atoms in total. The Kier molecular flexibility index (Phi) is 8.73. The molecule has 2 aliphatic heterocycles. The molecule has 1 aromatic rings. The van der Waals surface area contributed by atoms with Crippen molar-refractivity contribution in [3.05, 3.63) is 35.9 Å². The van der Waals surface area contributed by atoms with Gasteiger partial charge in [-0.15, -0.1) is 0 Å². The molecule has 1 aromatic carbocycles. The molecular formula is C24H36N4O6. The monoisotopic (exact) mass is 476 g/mol. The van der Waals surface area contributed by atoms with Crippen molar-refractivity contribution >= 4 is 18.0 Å². The van der Waals surface area contributed by atoms with E-state index in [4.69, 9.17) is 9.57 Å². The number of hydrogen-bond acceptors (Lipinski definition) is 6. The number of hydrogen-bond donors (Lipinski definition) is 3. The number of β-amino-alcohol motifs (C(OH)–C–C–N with tert-alkyl or cyclic N) is 1. The molecule has 188 valence electrons. The molecule has 2 atom stereocenters. The Morgan fingerprint density at radius 2 is 1.74 bits per heavy atom. The Morgan fingerprint density at radius 1 is 1.06 bits per heavy atom. The number of nitrogens with one attached hydrogen (secondary N) is 2. The van der Waals surface area contributed by atoms with E-state index < -0.39 is 23.8 Å². The number of hydroxylamine groups is 1. The zero-order chi connectivity index (χ0) is 24.7. The number of amides is 4. The number of carbonyl (C=O) groups is 3. The number of rotatable bonds is 5. The number of urea groups is 1. The lowest BCUT2D eigenvalue weighted by Gasteiger charge is -2.39. The van der Waals surface area contributed by atoms with Crippen LogP contribution >= 0.6 is 0 Å². The van der Waals surface area contributed by atoms with Crippen LogP contribution in [0.1, 0.15) is 52.0 Å². The van der Waals surface area contributed by atoms with Gasteiger partial charge in [-0.25, -0.2) is 15.1 Å². The number of aliphatic hydroxyl groups excluding tert-OH is 1. The van der Waals surface area contributed by atoms with E-state index in [0.717, 1.165) is 5.56 Å². The summed E-state index contributed by atoms with van der Waals surface area (Å²) >= 11 is 0. The lowest BCUT2D eigenvalue weighted by atomic mass is 9.98. The molecule has 10 heteroatoms. The van der Waals surface area contributed by atoms with Crippen LogP contribution in [-0.2, 0) is 21.0 Å². The average molecular weight is 477 g/mol. The van der Waals surface area contributed by atoms with Gasteiger partial charge in [0, 0.05) is 19.1 Å². The van der Waals surface area contributed by atoms with E-state index in [9.17, 15) is 19.5 Å². The van der Waals surface area contributed by atoms with Gasteiger partial charge in [-0.2, -0.15) is 0 Å². The molecule has 3 rings (SSSR count). The van der Waals surface area contributed by atoms with E-state index in [0.29, 0.717) is 38.8 Å². The summed E-state index contributed by atoms with van der Waals surface area (Å²) in [5, 5.41) is 13.0. The highest BCUT2D eigenvalue weighted by atomic mass is 16.7. The fourth-order valence-corrected chi connectivity index (χ4v) is 4.09. The first-order valence-electron chi connectivity index (χ1n) is 11.8. The van der Waals surface area contributed by atoms with Crippen LogP contribution in [0.3, 0.4) is 0 Å². The number of likely N-dealkylation sites (tertiary alicyclic amines) is 2. The van der Waals surface area contributed by atoms with Gasteiger partial charge in [0.15, 0.2) is 0 Å². The minimum atomic E-state index is -0.696. The number of aliphatic hydroxyl groups is 1. The third-order valence-corrected chi connectivity index (χ3v) is 5.86. The van der Waals surface area contributed by atoms with Gasteiger partial charge >= 0.3 is 12.1 Å². The normalized spacial score (nSPS) is 21.6. The van der Waals surface area contributed by atoms with E-state index in [1.54, 1.807) is 25.7 Å². The highest BCUT2D eigenvalue weighted by molar-refractivity contribution is 5.86. The van der Waals surface area contributed by atoms with E-state index in [-0.39, 0.29) is 31.1 Å². The lowest BCUT2D eigenvalue weighted by Crippen LogP contribution is -2.58. The topological polar surface area (TPSA) is 120 Å². The fourth-order valence-electron chi connectivity index (χ4n) is 4.09. The first-order chi connectivity index (χ1) is 16.1. The van der Waals surface area contributed by atoms with Crippen molar-refractivity contribution in [2.24, 2.45) is 0 Å². The largest absolute Gasteiger partial charge is 0.444 e. The Bertz CT molecular complexity index is 836. The first-order valence-corrected chi connectivity index (χ1v) is 11.8. The number of ether oxygens (including phenoxy) is 1. The second-order valence-corrected chi connectivity index (χ2v) is 9.83. The third kappa shape index (κ3) is 7.59. The fraction of sp³-hybridized carbons (Fsp3) is 0.625. The molecule has 2 heterocycles. The molecule has 0 aliphatic carbocycles. The van der Waals surface area contributed by atoms with Crippen LogP contribution in [0.5, 0.6) is 0 Å². The lowest BCUT2D eigenvalue weighted by molar-refractivity contribution is -0.130. The number of carbonyl (C=O) groups excluding carboxylic acids is 3. The van der Waals surface area contributed by atoms with Gasteiger partial charge < -0.3 is 20.1 Å². The SMILES string of the molecule is CC(C)(C)OC(=O)N1C[C@@H](O)CC[C@H]1C(=O)NC1CCN(C(=O)NOCc2ccccc2)CC1. The Hall–Kier alpha value is -2.85. The molecule has 0 spiro atoms. The molecule has 3 N–H and O–H groups in total. The van der Waals surface area contributed by atoms with Gasteiger partial charge in [0.25, 0.3) is 0 Å². The quantitative estimate of drug-likeness (QED) is 0.560. The zero-order valence-corrected chi connectivity index (χ0v) is 20.2. The highest BCUT2D eigenvalue weighted by Crippen LogP contribution is 2.22. The summed E-state index contributed by atoms with van der Waals surface area (Å²) in [7, 11) is 0. The van der Waals surface area contributed by atoms with Crippen molar-refractivity contribution in [3.63, 3.8) is 0 Å². The van der Waals surface area contributed by atoms with Crippen LogP contribution < -0.4 is 10.8 Å². The Labute approximate surface area is 200 Å². The van der Waals surface area contributed by atoms with Crippen LogP contribution in [0.2, 0.25) is 0 Å². The van der Waals surface area contributed by atoms with Crippen LogP contribution in [0.4, 0.5) is 9.59 Å². The van der Waals surface area contributed by atoms with Crippen molar-refractivity contribution in [1.29, 1.82) is 0 Å². The van der Waals surface area contributed by atoms with Crippen LogP contribution in [0.15, 0.2) is 30.3 Å². The van der Waals surface area contributed by atoms with Gasteiger partial charge in [-0.1, -0.05) is 30.3 Å². The summed E-state index contributed by atoms with van der Waals surface area (Å²) < 4.78 is 5.43. The number of piperidine rings is 2. The van der Waals surface area contributed by atoms with Crippen LogP contribution in [0, 0.1) is 0 Å². The Balaban J connectivity index is 1.44. The van der Waals surface area contributed by atoms with Gasteiger partial charge in [0.2, 0.25) is 5.91 Å². The molecular weight excluding hydrogens is 440 g/mol. The minimum absolute atomic E-state index is 0.0641. The molecule has 0 aromatic heterocycles. The predicted octanol–water partition coefficient (Wildman–Crippen LogP) is 2.17. The zero-order valence-electron chi connectivity index (χ0n) is 20.2. The minimum Gasteiger partial charge on any atom is -0.444 e.